The van der Waals surface area contributed by atoms with E-state index in [9.17, 15) is 14.4 Å². The number of thiazole rings is 1. The van der Waals surface area contributed by atoms with Crippen LogP contribution in [0, 0.1) is 0 Å². The minimum atomic E-state index is -0.378. The van der Waals surface area contributed by atoms with E-state index in [-0.39, 0.29) is 36.8 Å². The number of hydrogen-bond donors (Lipinski definition) is 2. The van der Waals surface area contributed by atoms with E-state index in [1.54, 1.807) is 0 Å². The molecule has 0 atom stereocenters. The summed E-state index contributed by atoms with van der Waals surface area (Å²) in [5, 5.41) is 10.7. The average molecular weight is 420 g/mol. The Morgan fingerprint density at radius 2 is 2.03 bits per heavy atom. The van der Waals surface area contributed by atoms with E-state index in [0.717, 1.165) is 34.7 Å². The number of rotatable bonds is 6. The van der Waals surface area contributed by atoms with Gasteiger partial charge in [-0.1, -0.05) is 11.3 Å². The molecule has 2 N–H and O–H groups in total. The number of hydrogen-bond acceptors (Lipinski definition) is 7. The lowest BCUT2D eigenvalue weighted by molar-refractivity contribution is -0.140. The molecule has 1 aliphatic carbocycles. The van der Waals surface area contributed by atoms with Crippen LogP contribution in [0.2, 0.25) is 0 Å². The normalized spacial score (nSPS) is 12.7. The van der Waals surface area contributed by atoms with Gasteiger partial charge in [0.1, 0.15) is 0 Å². The zero-order valence-corrected chi connectivity index (χ0v) is 17.8. The number of methoxy groups -OCH3 is 1. The number of ether oxygens (including phenoxy) is 1. The highest BCUT2D eigenvalue weighted by Crippen LogP contribution is 2.41. The molecule has 0 saturated heterocycles. The third kappa shape index (κ3) is 4.47. The maximum Gasteiger partial charge on any atom is 0.307 e. The first-order valence-electron chi connectivity index (χ1n) is 9.55. The molecule has 2 aromatic rings. The number of aryl methyl sites for hydroxylation is 1. The van der Waals surface area contributed by atoms with Crippen LogP contribution in [-0.4, -0.2) is 46.2 Å². The Bertz CT molecular complexity index is 947. The van der Waals surface area contributed by atoms with Crippen LogP contribution in [0.3, 0.4) is 0 Å². The molecule has 0 aromatic carbocycles. The van der Waals surface area contributed by atoms with Crippen molar-refractivity contribution >= 4 is 34.3 Å². The van der Waals surface area contributed by atoms with Crippen molar-refractivity contribution < 1.29 is 19.1 Å². The summed E-state index contributed by atoms with van der Waals surface area (Å²) in [5.41, 5.74) is 3.06. The van der Waals surface area contributed by atoms with Gasteiger partial charge in [0, 0.05) is 25.1 Å². The van der Waals surface area contributed by atoms with E-state index in [0.29, 0.717) is 17.2 Å². The number of nitrogens with one attached hydrogen (secondary N) is 2. The van der Waals surface area contributed by atoms with Crippen LogP contribution in [0.1, 0.15) is 61.4 Å². The first-order valence-corrected chi connectivity index (χ1v) is 10.4. The van der Waals surface area contributed by atoms with Gasteiger partial charge in [0.2, 0.25) is 5.91 Å². The lowest BCUT2D eigenvalue weighted by Crippen LogP contribution is -2.27. The molecule has 3 rings (SSSR count). The quantitative estimate of drug-likeness (QED) is 0.695. The van der Waals surface area contributed by atoms with Crippen molar-refractivity contribution in [3.63, 3.8) is 0 Å². The largest absolute Gasteiger partial charge is 0.469 e. The Hall–Kier alpha value is -2.75. The summed E-state index contributed by atoms with van der Waals surface area (Å²) in [5.74, 6) is -0.853. The first-order chi connectivity index (χ1) is 13.8. The lowest BCUT2D eigenvalue weighted by atomic mass is 10.1. The number of esters is 1. The number of anilines is 1. The summed E-state index contributed by atoms with van der Waals surface area (Å²) in [4.78, 5) is 41.0. The molecule has 0 unspecified atom stereocenters. The molecule has 156 valence electrons. The number of fused-ring (bicyclic) bond motifs is 3. The number of aromatic nitrogens is 3. The molecular formula is C19H25N5O4S. The van der Waals surface area contributed by atoms with Crippen molar-refractivity contribution in [3.05, 3.63) is 17.0 Å². The third-order valence-corrected chi connectivity index (χ3v) is 5.61. The van der Waals surface area contributed by atoms with E-state index < -0.39 is 0 Å². The second-order valence-electron chi connectivity index (χ2n) is 7.13. The van der Waals surface area contributed by atoms with Crippen LogP contribution in [0.4, 0.5) is 5.13 Å². The lowest BCUT2D eigenvalue weighted by Gasteiger charge is -2.10. The summed E-state index contributed by atoms with van der Waals surface area (Å²) >= 11 is 1.40. The standard InChI is InChI=1S/C19H25N5O4S/c1-10(2)24-16-12(15(23-24)18(27)20-9-8-14(26)28-4)6-5-7-13-17(16)29-19(22-13)21-11(3)25/h10H,5-9H2,1-4H3,(H,20,27)(H,21,22,25). The molecule has 9 nitrogen and oxygen atoms in total. The molecule has 2 aromatic heterocycles. The SMILES string of the molecule is COC(=O)CCNC(=O)c1nn(C(C)C)c2c1CCCc1nc(NC(C)=O)sc1-2. The highest BCUT2D eigenvalue weighted by molar-refractivity contribution is 7.19. The van der Waals surface area contributed by atoms with Gasteiger partial charge in [0.15, 0.2) is 10.8 Å². The zero-order chi connectivity index (χ0) is 21.1. The van der Waals surface area contributed by atoms with Crippen molar-refractivity contribution in [2.24, 2.45) is 0 Å². The Kier molecular flexibility index (Phi) is 6.31. The zero-order valence-electron chi connectivity index (χ0n) is 17.0. The fraction of sp³-hybridized carbons (Fsp3) is 0.526. The monoisotopic (exact) mass is 419 g/mol. The van der Waals surface area contributed by atoms with Crippen LogP contribution in [-0.2, 0) is 27.2 Å². The van der Waals surface area contributed by atoms with E-state index in [2.05, 4.69) is 25.5 Å². The van der Waals surface area contributed by atoms with Crippen molar-refractivity contribution in [2.45, 2.75) is 52.5 Å². The van der Waals surface area contributed by atoms with Gasteiger partial charge in [-0.25, -0.2) is 4.98 Å². The minimum Gasteiger partial charge on any atom is -0.469 e. The van der Waals surface area contributed by atoms with Crippen molar-refractivity contribution in [3.8, 4) is 10.6 Å². The molecule has 2 amide bonds. The molecule has 0 saturated carbocycles. The highest BCUT2D eigenvalue weighted by Gasteiger charge is 2.30. The molecule has 0 bridgehead atoms. The van der Waals surface area contributed by atoms with Crippen LogP contribution >= 0.6 is 11.3 Å². The van der Waals surface area contributed by atoms with Crippen LogP contribution in [0.5, 0.6) is 0 Å². The molecule has 0 fully saturated rings. The van der Waals surface area contributed by atoms with E-state index in [4.69, 9.17) is 0 Å². The molecule has 0 aliphatic heterocycles. The topological polar surface area (TPSA) is 115 Å². The minimum absolute atomic E-state index is 0.0395. The van der Waals surface area contributed by atoms with Crippen molar-refractivity contribution in [1.82, 2.24) is 20.1 Å². The van der Waals surface area contributed by atoms with Gasteiger partial charge in [0.25, 0.3) is 5.91 Å². The van der Waals surface area contributed by atoms with Crippen molar-refractivity contribution in [1.29, 1.82) is 0 Å². The molecule has 29 heavy (non-hydrogen) atoms. The smallest absolute Gasteiger partial charge is 0.307 e. The van der Waals surface area contributed by atoms with E-state index in [1.165, 1.54) is 25.4 Å². The van der Waals surface area contributed by atoms with Crippen LogP contribution < -0.4 is 10.6 Å². The van der Waals surface area contributed by atoms with Crippen LogP contribution in [0.25, 0.3) is 10.6 Å². The summed E-state index contributed by atoms with van der Waals surface area (Å²) in [6, 6.07) is 0.0395. The predicted molar refractivity (Wildman–Crippen MR) is 109 cm³/mol. The third-order valence-electron chi connectivity index (χ3n) is 4.59. The van der Waals surface area contributed by atoms with Gasteiger partial charge in [-0.15, -0.1) is 0 Å². The Labute approximate surface area is 172 Å². The fourth-order valence-electron chi connectivity index (χ4n) is 3.31. The molecule has 2 heterocycles. The number of carbonyl (C=O) groups is 3. The number of amides is 2. The predicted octanol–water partition coefficient (Wildman–Crippen LogP) is 2.33. The van der Waals surface area contributed by atoms with Crippen LogP contribution in [0.15, 0.2) is 0 Å². The van der Waals surface area contributed by atoms with E-state index >= 15 is 0 Å². The van der Waals surface area contributed by atoms with Gasteiger partial charge >= 0.3 is 5.97 Å². The summed E-state index contributed by atoms with van der Waals surface area (Å²) in [6.45, 7) is 5.65. The second kappa shape index (κ2) is 8.73. The van der Waals surface area contributed by atoms with Gasteiger partial charge < -0.3 is 15.4 Å². The van der Waals surface area contributed by atoms with Gasteiger partial charge in [-0.3, -0.25) is 19.1 Å². The first kappa shape index (κ1) is 21.0. The maximum absolute atomic E-state index is 12.8. The summed E-state index contributed by atoms with van der Waals surface area (Å²) in [6.07, 6.45) is 2.41. The molecule has 10 heteroatoms. The Morgan fingerprint density at radius 1 is 1.28 bits per heavy atom. The van der Waals surface area contributed by atoms with Crippen molar-refractivity contribution in [2.75, 3.05) is 19.0 Å². The molecule has 1 aliphatic rings. The fourth-order valence-corrected chi connectivity index (χ4v) is 4.43. The van der Waals surface area contributed by atoms with Gasteiger partial charge in [-0.05, 0) is 33.1 Å². The Balaban J connectivity index is 1.98. The maximum atomic E-state index is 12.8. The number of carbonyl (C=O) groups excluding carboxylic acids is 3. The molecular weight excluding hydrogens is 394 g/mol. The highest BCUT2D eigenvalue weighted by atomic mass is 32.1. The summed E-state index contributed by atoms with van der Waals surface area (Å²) < 4.78 is 6.46. The molecule has 0 spiro atoms. The summed E-state index contributed by atoms with van der Waals surface area (Å²) in [7, 11) is 1.32. The number of nitrogens with zero attached hydrogens (tertiary/aromatic N) is 3. The average Bonchev–Trinajstić information content (AvgIpc) is 3.18. The Morgan fingerprint density at radius 3 is 2.69 bits per heavy atom. The van der Waals surface area contributed by atoms with Gasteiger partial charge in [-0.2, -0.15) is 5.10 Å². The van der Waals surface area contributed by atoms with E-state index in [1.807, 2.05) is 18.5 Å². The molecule has 0 radical (unpaired) electrons. The second-order valence-corrected chi connectivity index (χ2v) is 8.12. The van der Waals surface area contributed by atoms with Gasteiger partial charge in [0.05, 0.1) is 29.8 Å².